The number of halogens is 3. The molecule has 0 atom stereocenters. The van der Waals surface area contributed by atoms with Gasteiger partial charge in [-0.3, -0.25) is 10.1 Å². The van der Waals surface area contributed by atoms with E-state index >= 15 is 0 Å². The molecular weight excluding hydrogens is 415 g/mol. The van der Waals surface area contributed by atoms with Gasteiger partial charge in [0.15, 0.2) is 5.11 Å². The highest BCUT2D eigenvalue weighted by Crippen LogP contribution is 2.32. The van der Waals surface area contributed by atoms with Crippen molar-refractivity contribution in [1.29, 1.82) is 0 Å². The van der Waals surface area contributed by atoms with E-state index < -0.39 is 0 Å². The summed E-state index contributed by atoms with van der Waals surface area (Å²) >= 11 is 23.1. The van der Waals surface area contributed by atoms with Crippen LogP contribution in [0.3, 0.4) is 0 Å². The van der Waals surface area contributed by atoms with Crippen molar-refractivity contribution < 1.29 is 9.53 Å². The summed E-state index contributed by atoms with van der Waals surface area (Å²) < 4.78 is 5.60. The molecule has 0 spiro atoms. The number of ether oxygens (including phenoxy) is 1. The van der Waals surface area contributed by atoms with Gasteiger partial charge in [0.1, 0.15) is 5.75 Å². The molecule has 0 heterocycles. The summed E-state index contributed by atoms with van der Waals surface area (Å²) in [6.07, 6.45) is 1.99. The Balaban J connectivity index is 2.00. The summed E-state index contributed by atoms with van der Waals surface area (Å²) in [7, 11) is 0. The number of benzene rings is 2. The third-order valence-corrected chi connectivity index (χ3v) is 4.59. The number of carbonyl (C=O) groups excluding carboxylic acids is 1. The summed E-state index contributed by atoms with van der Waals surface area (Å²) in [5.74, 6) is 0.275. The van der Waals surface area contributed by atoms with Crippen molar-refractivity contribution in [2.24, 2.45) is 0 Å². The average molecular weight is 432 g/mol. The van der Waals surface area contributed by atoms with E-state index in [0.29, 0.717) is 38.7 Å². The molecule has 2 rings (SSSR count). The van der Waals surface area contributed by atoms with Crippen LogP contribution in [-0.4, -0.2) is 17.6 Å². The summed E-state index contributed by atoms with van der Waals surface area (Å²) in [6.45, 7) is 2.69. The standard InChI is InChI=1S/C18H17Cl3N2O2S/c1-2-3-7-25-12-6-4-5-11(8-12)17(24)23-18(26)22-16-10-14(20)13(19)9-15(16)21/h4-6,8-10H,2-3,7H2,1H3,(H2,22,23,24,26). The van der Waals surface area contributed by atoms with E-state index in [2.05, 4.69) is 17.6 Å². The molecule has 8 heteroatoms. The van der Waals surface area contributed by atoms with E-state index in [4.69, 9.17) is 51.8 Å². The van der Waals surface area contributed by atoms with Gasteiger partial charge in [0.05, 0.1) is 27.4 Å². The first-order valence-corrected chi connectivity index (χ1v) is 9.44. The predicted octanol–water partition coefficient (Wildman–Crippen LogP) is 5.95. The number of hydrogen-bond donors (Lipinski definition) is 2. The van der Waals surface area contributed by atoms with E-state index in [1.807, 2.05) is 0 Å². The molecule has 0 unspecified atom stereocenters. The summed E-state index contributed by atoms with van der Waals surface area (Å²) in [6, 6.07) is 9.93. The normalized spacial score (nSPS) is 10.3. The Hall–Kier alpha value is -1.53. The molecule has 0 aliphatic rings. The van der Waals surface area contributed by atoms with Crippen molar-refractivity contribution in [3.63, 3.8) is 0 Å². The van der Waals surface area contributed by atoms with Gasteiger partial charge in [-0.15, -0.1) is 0 Å². The van der Waals surface area contributed by atoms with Crippen LogP contribution in [-0.2, 0) is 0 Å². The third-order valence-electron chi connectivity index (χ3n) is 3.35. The average Bonchev–Trinajstić information content (AvgIpc) is 2.60. The fraction of sp³-hybridized carbons (Fsp3) is 0.222. The monoisotopic (exact) mass is 430 g/mol. The molecule has 0 fully saturated rings. The van der Waals surface area contributed by atoms with Gasteiger partial charge in [0, 0.05) is 5.56 Å². The third kappa shape index (κ3) is 6.02. The molecule has 0 aliphatic carbocycles. The van der Waals surface area contributed by atoms with E-state index in [9.17, 15) is 4.79 Å². The summed E-state index contributed by atoms with van der Waals surface area (Å²) in [5.41, 5.74) is 0.881. The lowest BCUT2D eigenvalue weighted by molar-refractivity contribution is 0.0977. The molecule has 0 bridgehead atoms. The second-order valence-electron chi connectivity index (χ2n) is 5.38. The van der Waals surface area contributed by atoms with Gasteiger partial charge >= 0.3 is 0 Å². The number of anilines is 1. The Bertz CT molecular complexity index is 815. The lowest BCUT2D eigenvalue weighted by atomic mass is 10.2. The predicted molar refractivity (Wildman–Crippen MR) is 112 cm³/mol. The topological polar surface area (TPSA) is 50.4 Å². The number of hydrogen-bond acceptors (Lipinski definition) is 3. The fourth-order valence-corrected chi connectivity index (χ4v) is 2.81. The van der Waals surface area contributed by atoms with Crippen molar-refractivity contribution in [2.75, 3.05) is 11.9 Å². The van der Waals surface area contributed by atoms with Gasteiger partial charge in [-0.25, -0.2) is 0 Å². The molecule has 0 saturated heterocycles. The van der Waals surface area contributed by atoms with Crippen LogP contribution in [0.4, 0.5) is 5.69 Å². The number of rotatable bonds is 6. The molecular formula is C18H17Cl3N2O2S. The first-order valence-electron chi connectivity index (χ1n) is 7.90. The quantitative estimate of drug-likeness (QED) is 0.337. The minimum atomic E-state index is -0.361. The van der Waals surface area contributed by atoms with Crippen molar-refractivity contribution in [3.05, 3.63) is 57.0 Å². The first kappa shape index (κ1) is 20.8. The molecule has 1 amide bonds. The maximum atomic E-state index is 12.4. The van der Waals surface area contributed by atoms with Crippen LogP contribution in [0.2, 0.25) is 15.1 Å². The zero-order valence-electron chi connectivity index (χ0n) is 13.9. The minimum Gasteiger partial charge on any atom is -0.494 e. The van der Waals surface area contributed by atoms with Crippen LogP contribution in [0.15, 0.2) is 36.4 Å². The van der Waals surface area contributed by atoms with Gasteiger partial charge in [-0.2, -0.15) is 0 Å². The number of unbranched alkanes of at least 4 members (excludes halogenated alkanes) is 1. The van der Waals surface area contributed by atoms with Crippen molar-refractivity contribution >= 4 is 63.7 Å². The maximum Gasteiger partial charge on any atom is 0.257 e. The molecule has 2 aromatic rings. The molecule has 26 heavy (non-hydrogen) atoms. The van der Waals surface area contributed by atoms with Gasteiger partial charge in [0.25, 0.3) is 5.91 Å². The highest BCUT2D eigenvalue weighted by molar-refractivity contribution is 7.80. The number of amides is 1. The van der Waals surface area contributed by atoms with Gasteiger partial charge in [-0.1, -0.05) is 54.2 Å². The molecule has 0 aromatic heterocycles. The number of thiocarbonyl (C=S) groups is 1. The van der Waals surface area contributed by atoms with E-state index in [0.717, 1.165) is 12.8 Å². The molecule has 0 radical (unpaired) electrons. The zero-order valence-corrected chi connectivity index (χ0v) is 17.0. The molecule has 4 nitrogen and oxygen atoms in total. The molecule has 2 aromatic carbocycles. The molecule has 0 saturated carbocycles. The Morgan fingerprint density at radius 1 is 1.12 bits per heavy atom. The smallest absolute Gasteiger partial charge is 0.257 e. The highest BCUT2D eigenvalue weighted by atomic mass is 35.5. The Morgan fingerprint density at radius 2 is 1.85 bits per heavy atom. The highest BCUT2D eigenvalue weighted by Gasteiger charge is 2.11. The Kier molecular flexibility index (Phi) is 7.97. The minimum absolute atomic E-state index is 0.0904. The van der Waals surface area contributed by atoms with Crippen LogP contribution in [0, 0.1) is 0 Å². The van der Waals surface area contributed by atoms with E-state index in [1.54, 1.807) is 24.3 Å². The first-order chi connectivity index (χ1) is 12.4. The van der Waals surface area contributed by atoms with Crippen molar-refractivity contribution in [2.45, 2.75) is 19.8 Å². The van der Waals surface area contributed by atoms with Crippen LogP contribution >= 0.6 is 47.0 Å². The van der Waals surface area contributed by atoms with Crippen molar-refractivity contribution in [3.8, 4) is 5.75 Å². The van der Waals surface area contributed by atoms with Crippen LogP contribution in [0.25, 0.3) is 0 Å². The summed E-state index contributed by atoms with van der Waals surface area (Å²) in [5, 5.41) is 6.50. The number of carbonyl (C=O) groups is 1. The maximum absolute atomic E-state index is 12.4. The largest absolute Gasteiger partial charge is 0.494 e. The van der Waals surface area contributed by atoms with Crippen LogP contribution < -0.4 is 15.4 Å². The van der Waals surface area contributed by atoms with Crippen LogP contribution in [0.1, 0.15) is 30.1 Å². The molecule has 2 N–H and O–H groups in total. The van der Waals surface area contributed by atoms with Crippen molar-refractivity contribution in [1.82, 2.24) is 5.32 Å². The van der Waals surface area contributed by atoms with E-state index in [-0.39, 0.29) is 11.0 Å². The lowest BCUT2D eigenvalue weighted by Gasteiger charge is -2.12. The zero-order chi connectivity index (χ0) is 19.1. The van der Waals surface area contributed by atoms with E-state index in [1.165, 1.54) is 12.1 Å². The summed E-state index contributed by atoms with van der Waals surface area (Å²) in [4.78, 5) is 12.4. The number of nitrogens with one attached hydrogen (secondary N) is 2. The van der Waals surface area contributed by atoms with Gasteiger partial charge < -0.3 is 10.1 Å². The second-order valence-corrected chi connectivity index (χ2v) is 7.01. The Morgan fingerprint density at radius 3 is 2.58 bits per heavy atom. The van der Waals surface area contributed by atoms with Gasteiger partial charge in [0.2, 0.25) is 0 Å². The second kappa shape index (κ2) is 9.97. The SMILES string of the molecule is CCCCOc1cccc(C(=O)NC(=S)Nc2cc(Cl)c(Cl)cc2Cl)c1. The van der Waals surface area contributed by atoms with Gasteiger partial charge in [-0.05, 0) is 49.0 Å². The lowest BCUT2D eigenvalue weighted by Crippen LogP contribution is -2.34. The molecule has 138 valence electrons. The Labute approximate surface area is 172 Å². The van der Waals surface area contributed by atoms with Crippen LogP contribution in [0.5, 0.6) is 5.75 Å². The molecule has 0 aliphatic heterocycles. The fourth-order valence-electron chi connectivity index (χ4n) is 2.01.